The lowest BCUT2D eigenvalue weighted by Gasteiger charge is -2.26. The molecule has 1 aromatic carbocycles. The van der Waals surface area contributed by atoms with Crippen LogP contribution in [-0.4, -0.2) is 38.4 Å². The molecule has 0 aliphatic carbocycles. The first-order valence-corrected chi connectivity index (χ1v) is 7.17. The van der Waals surface area contributed by atoms with Gasteiger partial charge in [0.15, 0.2) is 5.94 Å². The average molecular weight is 293 g/mol. The Morgan fingerprint density at radius 3 is 2.58 bits per heavy atom. The minimum atomic E-state index is -3.39. The maximum Gasteiger partial charge on any atom is 0.387 e. The van der Waals surface area contributed by atoms with Gasteiger partial charge < -0.3 is 9.47 Å². The molecule has 0 radical (unpaired) electrons. The monoisotopic (exact) mass is 293 g/mol. The van der Waals surface area contributed by atoms with Crippen LogP contribution in [0.5, 0.6) is 5.75 Å². The van der Waals surface area contributed by atoms with Crippen LogP contribution >= 0.6 is 0 Å². The molecule has 1 aromatic rings. The first-order valence-electron chi connectivity index (χ1n) is 5.57. The molecule has 1 aliphatic heterocycles. The average Bonchev–Trinajstić information content (AvgIpc) is 2.33. The summed E-state index contributed by atoms with van der Waals surface area (Å²) in [5.41, 5.74) is 0.701. The summed E-state index contributed by atoms with van der Waals surface area (Å²) in [6.07, 6.45) is 0. The molecule has 0 bridgehead atoms. The summed E-state index contributed by atoms with van der Waals surface area (Å²) in [6, 6.07) is 5.88. The molecule has 1 saturated heterocycles. The Bertz CT molecular complexity index is 518. The SMILES string of the molecule is O=S1(=O)COCCN1Cc1ccc(OC(F)F)cc1. The minimum Gasteiger partial charge on any atom is -0.435 e. The first kappa shape index (κ1) is 14.2. The molecular weight excluding hydrogens is 280 g/mol. The Hall–Kier alpha value is -1.25. The molecule has 2 rings (SSSR count). The van der Waals surface area contributed by atoms with Crippen LogP contribution in [0, 0.1) is 0 Å². The van der Waals surface area contributed by atoms with E-state index in [2.05, 4.69) is 4.74 Å². The topological polar surface area (TPSA) is 55.8 Å². The van der Waals surface area contributed by atoms with Gasteiger partial charge in [-0.15, -0.1) is 0 Å². The molecule has 1 aliphatic rings. The summed E-state index contributed by atoms with van der Waals surface area (Å²) < 4.78 is 57.7. The lowest BCUT2D eigenvalue weighted by Crippen LogP contribution is -2.40. The molecule has 106 valence electrons. The highest BCUT2D eigenvalue weighted by Gasteiger charge is 2.26. The Balaban J connectivity index is 2.03. The summed E-state index contributed by atoms with van der Waals surface area (Å²) in [5, 5.41) is 0. The summed E-state index contributed by atoms with van der Waals surface area (Å²) in [7, 11) is -3.39. The maximum absolute atomic E-state index is 12.0. The summed E-state index contributed by atoms with van der Waals surface area (Å²) in [5.74, 6) is -0.275. The van der Waals surface area contributed by atoms with E-state index in [1.54, 1.807) is 12.1 Å². The number of benzene rings is 1. The lowest BCUT2D eigenvalue weighted by atomic mass is 10.2. The van der Waals surface area contributed by atoms with Crippen LogP contribution in [0.15, 0.2) is 24.3 Å². The Morgan fingerprint density at radius 2 is 2.00 bits per heavy atom. The van der Waals surface area contributed by atoms with Crippen molar-refractivity contribution in [3.63, 3.8) is 0 Å². The highest BCUT2D eigenvalue weighted by Crippen LogP contribution is 2.18. The summed E-state index contributed by atoms with van der Waals surface area (Å²) in [6.45, 7) is -2.03. The van der Waals surface area contributed by atoms with Crippen LogP contribution in [0.4, 0.5) is 8.78 Å². The maximum atomic E-state index is 12.0. The second-order valence-electron chi connectivity index (χ2n) is 3.99. The van der Waals surface area contributed by atoms with E-state index in [9.17, 15) is 17.2 Å². The predicted molar refractivity (Wildman–Crippen MR) is 63.2 cm³/mol. The molecular formula is C11H13F2NO4S. The van der Waals surface area contributed by atoms with Crippen LogP contribution < -0.4 is 4.74 Å². The van der Waals surface area contributed by atoms with Gasteiger partial charge in [-0.2, -0.15) is 13.1 Å². The van der Waals surface area contributed by atoms with Crippen molar-refractivity contribution in [2.45, 2.75) is 13.2 Å². The van der Waals surface area contributed by atoms with Crippen molar-refractivity contribution in [3.05, 3.63) is 29.8 Å². The zero-order chi connectivity index (χ0) is 13.9. The molecule has 0 spiro atoms. The highest BCUT2D eigenvalue weighted by atomic mass is 32.2. The lowest BCUT2D eigenvalue weighted by molar-refractivity contribution is -0.0498. The van der Waals surface area contributed by atoms with Crippen LogP contribution in [0.1, 0.15) is 5.56 Å². The van der Waals surface area contributed by atoms with Crippen molar-refractivity contribution >= 4 is 10.0 Å². The van der Waals surface area contributed by atoms with E-state index in [-0.39, 0.29) is 24.8 Å². The van der Waals surface area contributed by atoms with E-state index in [0.29, 0.717) is 12.2 Å². The third-order valence-corrected chi connectivity index (χ3v) is 4.18. The number of alkyl halides is 2. The molecule has 0 N–H and O–H groups in total. The molecule has 1 heterocycles. The smallest absolute Gasteiger partial charge is 0.387 e. The molecule has 0 unspecified atom stereocenters. The quantitative estimate of drug-likeness (QED) is 0.842. The number of sulfonamides is 1. The van der Waals surface area contributed by atoms with Crippen LogP contribution in [0.3, 0.4) is 0 Å². The number of halogens is 2. The Morgan fingerprint density at radius 1 is 1.32 bits per heavy atom. The van der Waals surface area contributed by atoms with Gasteiger partial charge in [0.2, 0.25) is 10.0 Å². The third kappa shape index (κ3) is 3.85. The van der Waals surface area contributed by atoms with Crippen LogP contribution in [-0.2, 0) is 21.3 Å². The number of ether oxygens (including phenoxy) is 2. The summed E-state index contributed by atoms with van der Waals surface area (Å²) >= 11 is 0. The van der Waals surface area contributed by atoms with Gasteiger partial charge in [-0.1, -0.05) is 12.1 Å². The molecule has 0 atom stereocenters. The largest absolute Gasteiger partial charge is 0.435 e. The zero-order valence-corrected chi connectivity index (χ0v) is 10.8. The molecule has 1 fully saturated rings. The highest BCUT2D eigenvalue weighted by molar-refractivity contribution is 7.88. The minimum absolute atomic E-state index is 0.0450. The predicted octanol–water partition coefficient (Wildman–Crippen LogP) is 1.41. The van der Waals surface area contributed by atoms with E-state index >= 15 is 0 Å². The van der Waals surface area contributed by atoms with Crippen LogP contribution in [0.2, 0.25) is 0 Å². The number of hydrogen-bond acceptors (Lipinski definition) is 4. The van der Waals surface area contributed by atoms with Crippen LogP contribution in [0.25, 0.3) is 0 Å². The van der Waals surface area contributed by atoms with Gasteiger partial charge in [-0.25, -0.2) is 8.42 Å². The van der Waals surface area contributed by atoms with Crippen molar-refractivity contribution < 1.29 is 26.7 Å². The van der Waals surface area contributed by atoms with Gasteiger partial charge in [0, 0.05) is 13.1 Å². The van der Waals surface area contributed by atoms with E-state index in [1.807, 2.05) is 0 Å². The van der Waals surface area contributed by atoms with E-state index in [0.717, 1.165) is 0 Å². The Kier molecular flexibility index (Phi) is 4.33. The molecule has 0 aromatic heterocycles. The Labute approximate surface area is 109 Å². The van der Waals surface area contributed by atoms with Crippen molar-refractivity contribution in [1.29, 1.82) is 0 Å². The number of nitrogens with zero attached hydrogens (tertiary/aromatic N) is 1. The molecule has 8 heteroatoms. The van der Waals surface area contributed by atoms with Crippen molar-refractivity contribution in [2.24, 2.45) is 0 Å². The van der Waals surface area contributed by atoms with Crippen molar-refractivity contribution in [1.82, 2.24) is 4.31 Å². The van der Waals surface area contributed by atoms with E-state index in [4.69, 9.17) is 4.74 Å². The summed E-state index contributed by atoms with van der Waals surface area (Å²) in [4.78, 5) is 0. The van der Waals surface area contributed by atoms with Gasteiger partial charge in [-0.3, -0.25) is 0 Å². The molecule has 0 amide bonds. The third-order valence-electron chi connectivity index (χ3n) is 2.62. The fraction of sp³-hybridized carbons (Fsp3) is 0.455. The molecule has 5 nitrogen and oxygen atoms in total. The number of hydrogen-bond donors (Lipinski definition) is 0. The second-order valence-corrected chi connectivity index (χ2v) is 5.91. The van der Waals surface area contributed by atoms with E-state index in [1.165, 1.54) is 16.4 Å². The van der Waals surface area contributed by atoms with Crippen molar-refractivity contribution in [2.75, 3.05) is 19.1 Å². The standard InChI is InChI=1S/C11H13F2NO4S/c12-11(13)18-10-3-1-9(2-4-10)7-14-5-6-17-8-19(14,15)16/h1-4,11H,5-8H2. The van der Waals surface area contributed by atoms with Gasteiger partial charge in [0.1, 0.15) is 5.75 Å². The van der Waals surface area contributed by atoms with Gasteiger partial charge in [0.25, 0.3) is 0 Å². The molecule has 19 heavy (non-hydrogen) atoms. The number of rotatable bonds is 4. The second kappa shape index (κ2) is 5.81. The van der Waals surface area contributed by atoms with Gasteiger partial charge in [0.05, 0.1) is 6.61 Å². The zero-order valence-electron chi connectivity index (χ0n) is 9.96. The fourth-order valence-corrected chi connectivity index (χ4v) is 2.88. The first-order chi connectivity index (χ1) is 8.97. The molecule has 0 saturated carbocycles. The van der Waals surface area contributed by atoms with Gasteiger partial charge >= 0.3 is 6.61 Å². The fourth-order valence-electron chi connectivity index (χ4n) is 1.70. The van der Waals surface area contributed by atoms with Crippen molar-refractivity contribution in [3.8, 4) is 5.75 Å². The normalized spacial score (nSPS) is 19.5. The van der Waals surface area contributed by atoms with E-state index < -0.39 is 16.6 Å². The van der Waals surface area contributed by atoms with Gasteiger partial charge in [-0.05, 0) is 17.7 Å².